The second-order valence-electron chi connectivity index (χ2n) is 5.25. The van der Waals surface area contributed by atoms with Crippen LogP contribution in [0.25, 0.3) is 0 Å². The van der Waals surface area contributed by atoms with E-state index in [4.69, 9.17) is 5.73 Å². The number of amides is 1. The van der Waals surface area contributed by atoms with Gasteiger partial charge in [0.25, 0.3) is 0 Å². The molecule has 1 amide bonds. The summed E-state index contributed by atoms with van der Waals surface area (Å²) < 4.78 is 0. The summed E-state index contributed by atoms with van der Waals surface area (Å²) in [6, 6.07) is 0. The Hall–Kier alpha value is -0.220. The van der Waals surface area contributed by atoms with Crippen LogP contribution in [-0.2, 0) is 4.79 Å². The number of carbonyl (C=O) groups excluding carboxylic acids is 1. The summed E-state index contributed by atoms with van der Waals surface area (Å²) in [7, 11) is 0. The van der Waals surface area contributed by atoms with Crippen molar-refractivity contribution in [3.05, 3.63) is 0 Å². The van der Waals surface area contributed by atoms with Crippen molar-refractivity contribution in [1.82, 2.24) is 5.32 Å². The fourth-order valence-corrected chi connectivity index (χ4v) is 2.92. The molecule has 0 aromatic rings. The molecule has 17 heavy (non-hydrogen) atoms. The predicted molar refractivity (Wildman–Crippen MR) is 75.2 cm³/mol. The smallest absolute Gasteiger partial charge is 0.233 e. The van der Waals surface area contributed by atoms with Crippen molar-refractivity contribution in [2.75, 3.05) is 12.3 Å². The molecule has 0 spiro atoms. The highest BCUT2D eigenvalue weighted by Gasteiger charge is 2.41. The Bertz CT molecular complexity index is 256. The molecular formula is C13H26N2OS. The van der Waals surface area contributed by atoms with Crippen molar-refractivity contribution in [3.8, 4) is 0 Å². The van der Waals surface area contributed by atoms with E-state index in [0.29, 0.717) is 12.5 Å². The quantitative estimate of drug-likeness (QED) is 0.656. The Kier molecular flexibility index (Phi) is 5.80. The minimum atomic E-state index is -0.184. The first-order valence-corrected chi connectivity index (χ1v) is 7.72. The number of nitrogens with two attached hydrogens (primary N) is 1. The lowest BCUT2D eigenvalue weighted by molar-refractivity contribution is -0.122. The monoisotopic (exact) mass is 258 g/mol. The first-order chi connectivity index (χ1) is 8.03. The van der Waals surface area contributed by atoms with Gasteiger partial charge in [-0.3, -0.25) is 4.79 Å². The predicted octanol–water partition coefficient (Wildman–Crippen LogP) is 2.15. The summed E-state index contributed by atoms with van der Waals surface area (Å²) in [6.45, 7) is 6.77. The molecule has 3 nitrogen and oxygen atoms in total. The maximum atomic E-state index is 12.1. The van der Waals surface area contributed by atoms with Crippen LogP contribution >= 0.6 is 11.8 Å². The first kappa shape index (κ1) is 14.8. The van der Waals surface area contributed by atoms with Crippen LogP contribution in [0.5, 0.6) is 0 Å². The molecule has 0 saturated heterocycles. The molecule has 1 aliphatic carbocycles. The summed E-state index contributed by atoms with van der Waals surface area (Å²) in [5.41, 5.74) is 5.61. The Morgan fingerprint density at radius 2 is 2.24 bits per heavy atom. The summed E-state index contributed by atoms with van der Waals surface area (Å²) in [6.07, 6.45) is 4.76. The van der Waals surface area contributed by atoms with Gasteiger partial charge in [0.15, 0.2) is 0 Å². The Morgan fingerprint density at radius 3 is 2.71 bits per heavy atom. The van der Waals surface area contributed by atoms with Gasteiger partial charge < -0.3 is 11.1 Å². The van der Waals surface area contributed by atoms with E-state index in [0.717, 1.165) is 5.75 Å². The highest BCUT2D eigenvalue weighted by Crippen LogP contribution is 2.39. The zero-order chi connectivity index (χ0) is 12.9. The van der Waals surface area contributed by atoms with Crippen LogP contribution in [0.1, 0.15) is 46.5 Å². The molecule has 1 rings (SSSR count). The largest absolute Gasteiger partial charge is 0.348 e. The van der Waals surface area contributed by atoms with E-state index in [1.165, 1.54) is 25.7 Å². The van der Waals surface area contributed by atoms with Gasteiger partial charge in [-0.15, -0.1) is 11.8 Å². The van der Waals surface area contributed by atoms with Gasteiger partial charge in [0, 0.05) is 6.54 Å². The van der Waals surface area contributed by atoms with Gasteiger partial charge in [0.1, 0.15) is 0 Å². The van der Waals surface area contributed by atoms with E-state index < -0.39 is 0 Å². The maximum Gasteiger partial charge on any atom is 0.233 e. The SMILES string of the molecule is CCCCSC(C)C(=O)NC(C)(CN)C1CC1. The summed E-state index contributed by atoms with van der Waals surface area (Å²) in [5.74, 6) is 1.80. The highest BCUT2D eigenvalue weighted by molar-refractivity contribution is 8.00. The van der Waals surface area contributed by atoms with Gasteiger partial charge in [-0.1, -0.05) is 13.3 Å². The van der Waals surface area contributed by atoms with Crippen LogP contribution in [0.3, 0.4) is 0 Å². The number of carbonyl (C=O) groups is 1. The van der Waals surface area contributed by atoms with Crippen molar-refractivity contribution >= 4 is 17.7 Å². The van der Waals surface area contributed by atoms with Gasteiger partial charge in [-0.2, -0.15) is 0 Å². The maximum absolute atomic E-state index is 12.1. The lowest BCUT2D eigenvalue weighted by Crippen LogP contribution is -2.55. The third-order valence-electron chi connectivity index (χ3n) is 3.55. The first-order valence-electron chi connectivity index (χ1n) is 6.67. The summed E-state index contributed by atoms with van der Waals surface area (Å²) >= 11 is 1.74. The molecular weight excluding hydrogens is 232 g/mol. The Morgan fingerprint density at radius 1 is 1.59 bits per heavy atom. The molecule has 0 radical (unpaired) electrons. The van der Waals surface area contributed by atoms with E-state index in [2.05, 4.69) is 19.2 Å². The van der Waals surface area contributed by atoms with Gasteiger partial charge in [-0.05, 0) is 44.8 Å². The van der Waals surface area contributed by atoms with E-state index in [1.807, 2.05) is 6.92 Å². The lowest BCUT2D eigenvalue weighted by atomic mass is 9.96. The molecule has 1 saturated carbocycles. The number of rotatable bonds is 8. The van der Waals surface area contributed by atoms with Crippen LogP contribution in [-0.4, -0.2) is 29.0 Å². The third kappa shape index (κ3) is 4.51. The van der Waals surface area contributed by atoms with E-state index in [-0.39, 0.29) is 16.7 Å². The topological polar surface area (TPSA) is 55.1 Å². The van der Waals surface area contributed by atoms with Crippen LogP contribution in [0.2, 0.25) is 0 Å². The third-order valence-corrected chi connectivity index (χ3v) is 4.78. The number of hydrogen-bond donors (Lipinski definition) is 2. The number of hydrogen-bond acceptors (Lipinski definition) is 3. The van der Waals surface area contributed by atoms with Crippen molar-refractivity contribution < 1.29 is 4.79 Å². The molecule has 0 heterocycles. The van der Waals surface area contributed by atoms with Crippen molar-refractivity contribution in [3.63, 3.8) is 0 Å². The van der Waals surface area contributed by atoms with Crippen molar-refractivity contribution in [2.24, 2.45) is 11.7 Å². The normalized spacial score (nSPS) is 20.7. The number of nitrogens with one attached hydrogen (secondary N) is 1. The zero-order valence-electron chi connectivity index (χ0n) is 11.3. The van der Waals surface area contributed by atoms with Gasteiger partial charge >= 0.3 is 0 Å². The molecule has 0 aromatic carbocycles. The van der Waals surface area contributed by atoms with E-state index >= 15 is 0 Å². The molecule has 0 bridgehead atoms. The summed E-state index contributed by atoms with van der Waals surface area (Å²) in [5, 5.41) is 3.18. The lowest BCUT2D eigenvalue weighted by Gasteiger charge is -2.30. The minimum Gasteiger partial charge on any atom is -0.348 e. The molecule has 3 N–H and O–H groups in total. The molecule has 1 aliphatic rings. The highest BCUT2D eigenvalue weighted by atomic mass is 32.2. The average molecular weight is 258 g/mol. The fourth-order valence-electron chi connectivity index (χ4n) is 1.90. The molecule has 0 aromatic heterocycles. The molecule has 2 atom stereocenters. The van der Waals surface area contributed by atoms with E-state index in [9.17, 15) is 4.79 Å². The zero-order valence-corrected chi connectivity index (χ0v) is 12.1. The minimum absolute atomic E-state index is 0.0335. The number of thioether (sulfide) groups is 1. The van der Waals surface area contributed by atoms with Crippen LogP contribution in [0, 0.1) is 5.92 Å². The fraction of sp³-hybridized carbons (Fsp3) is 0.923. The number of unbranched alkanes of at least 4 members (excludes halogenated alkanes) is 1. The second kappa shape index (κ2) is 6.64. The van der Waals surface area contributed by atoms with Crippen molar-refractivity contribution in [2.45, 2.75) is 57.2 Å². The second-order valence-corrected chi connectivity index (χ2v) is 6.70. The van der Waals surface area contributed by atoms with E-state index in [1.54, 1.807) is 11.8 Å². The average Bonchev–Trinajstić information content (AvgIpc) is 3.13. The molecule has 2 unspecified atom stereocenters. The van der Waals surface area contributed by atoms with Gasteiger partial charge in [0.05, 0.1) is 10.8 Å². The molecule has 0 aliphatic heterocycles. The van der Waals surface area contributed by atoms with Crippen molar-refractivity contribution in [1.29, 1.82) is 0 Å². The Labute approximate surface area is 109 Å². The van der Waals surface area contributed by atoms with Crippen LogP contribution < -0.4 is 11.1 Å². The molecule has 1 fully saturated rings. The van der Waals surface area contributed by atoms with Gasteiger partial charge in [-0.25, -0.2) is 0 Å². The Balaban J connectivity index is 2.36. The molecule has 4 heteroatoms. The molecule has 100 valence electrons. The standard InChI is InChI=1S/C13H26N2OS/c1-4-5-8-17-10(2)12(16)15-13(3,9-14)11-6-7-11/h10-11H,4-9,14H2,1-3H3,(H,15,16). The van der Waals surface area contributed by atoms with Gasteiger partial charge in [0.2, 0.25) is 5.91 Å². The summed E-state index contributed by atoms with van der Waals surface area (Å²) in [4.78, 5) is 12.1. The van der Waals surface area contributed by atoms with Crippen LogP contribution in [0.4, 0.5) is 0 Å². The van der Waals surface area contributed by atoms with Crippen LogP contribution in [0.15, 0.2) is 0 Å².